The fraction of sp³-hybridized carbons (Fsp3) is 0.500. The molecule has 0 aliphatic carbocycles. The van der Waals surface area contributed by atoms with Gasteiger partial charge < -0.3 is 18.9 Å². The zero-order valence-electron chi connectivity index (χ0n) is 20.6. The number of morpholine rings is 1. The van der Waals surface area contributed by atoms with Crippen molar-refractivity contribution in [2.24, 2.45) is 0 Å². The number of ether oxygens (including phenoxy) is 2. The predicted molar refractivity (Wildman–Crippen MR) is 135 cm³/mol. The van der Waals surface area contributed by atoms with Crippen molar-refractivity contribution in [3.05, 3.63) is 46.8 Å². The first kappa shape index (κ1) is 24.2. The topological polar surface area (TPSA) is 81.1 Å². The molecule has 0 radical (unpaired) electrons. The highest BCUT2D eigenvalue weighted by atomic mass is 32.2. The predicted octanol–water partition coefficient (Wildman–Crippen LogP) is 3.21. The third-order valence-corrected chi connectivity index (χ3v) is 9.17. The van der Waals surface area contributed by atoms with E-state index in [0.717, 1.165) is 48.6 Å². The first-order valence-corrected chi connectivity index (χ1v) is 13.8. The lowest BCUT2D eigenvalue weighted by Gasteiger charge is -2.26. The van der Waals surface area contributed by atoms with Crippen molar-refractivity contribution in [2.45, 2.75) is 51.2 Å². The number of amides is 1. The van der Waals surface area contributed by atoms with E-state index < -0.39 is 10.0 Å². The van der Waals surface area contributed by atoms with E-state index in [2.05, 4.69) is 24.5 Å². The van der Waals surface area contributed by atoms with E-state index in [4.69, 9.17) is 9.47 Å². The average molecular weight is 500 g/mol. The molecule has 0 spiro atoms. The number of carbonyl (C=O) groups is 1. The first-order chi connectivity index (χ1) is 16.8. The van der Waals surface area contributed by atoms with Crippen LogP contribution in [0.4, 0.5) is 5.69 Å². The number of sulfonamides is 1. The molecule has 0 saturated carbocycles. The van der Waals surface area contributed by atoms with Crippen molar-refractivity contribution in [3.63, 3.8) is 0 Å². The lowest BCUT2D eigenvalue weighted by atomic mass is 10.0. The van der Waals surface area contributed by atoms with Crippen LogP contribution in [0, 0.1) is 13.8 Å². The molecule has 2 saturated heterocycles. The summed E-state index contributed by atoms with van der Waals surface area (Å²) in [6.45, 7) is 9.62. The molecular formula is C26H33N3O5S. The van der Waals surface area contributed by atoms with Crippen molar-refractivity contribution in [3.8, 4) is 0 Å². The van der Waals surface area contributed by atoms with Crippen LogP contribution in [0.2, 0.25) is 0 Å². The fourth-order valence-electron chi connectivity index (χ4n) is 5.29. The summed E-state index contributed by atoms with van der Waals surface area (Å²) in [7, 11) is -3.67. The molecule has 1 atom stereocenters. The Morgan fingerprint density at radius 2 is 1.89 bits per heavy atom. The van der Waals surface area contributed by atoms with Gasteiger partial charge in [0.25, 0.3) is 5.91 Å². The maximum atomic E-state index is 13.4. The first-order valence-electron chi connectivity index (χ1n) is 12.4. The SMILES string of the molecule is CCN1C(=O)/C(=C/c2cc(C)n(C[C@@H]3CCCO3)c2C)c2cc(S(=O)(=O)N3CCOCC3)ccc21. The number of hydrogen-bond acceptors (Lipinski definition) is 5. The van der Waals surface area contributed by atoms with Crippen molar-refractivity contribution in [1.82, 2.24) is 8.87 Å². The van der Waals surface area contributed by atoms with Gasteiger partial charge in [-0.1, -0.05) is 0 Å². The minimum atomic E-state index is -3.67. The Kier molecular flexibility index (Phi) is 6.61. The standard InChI is InChI=1S/C26H33N3O5S/c1-4-28-25-8-7-22(35(31,32)27-9-12-33-13-10-27)16-23(25)24(26(28)30)15-20-14-18(2)29(19(20)3)17-21-6-5-11-34-21/h7-8,14-16,21H,4-6,9-13,17H2,1-3H3/b24-15+/t21-/m0/s1. The molecule has 188 valence electrons. The molecular weight excluding hydrogens is 466 g/mol. The number of benzene rings is 1. The van der Waals surface area contributed by atoms with Gasteiger partial charge in [0, 0.05) is 55.3 Å². The smallest absolute Gasteiger partial charge is 0.258 e. The van der Waals surface area contributed by atoms with Crippen LogP contribution >= 0.6 is 0 Å². The quantitative estimate of drug-likeness (QED) is 0.570. The number of rotatable bonds is 6. The van der Waals surface area contributed by atoms with E-state index in [9.17, 15) is 13.2 Å². The Hall–Kier alpha value is -2.46. The summed E-state index contributed by atoms with van der Waals surface area (Å²) < 4.78 is 41.4. The molecule has 8 nitrogen and oxygen atoms in total. The normalized spacial score (nSPS) is 22.4. The van der Waals surface area contributed by atoms with E-state index in [-0.39, 0.29) is 16.9 Å². The van der Waals surface area contributed by atoms with E-state index >= 15 is 0 Å². The Bertz CT molecular complexity index is 1270. The van der Waals surface area contributed by atoms with Crippen molar-refractivity contribution >= 4 is 33.3 Å². The lowest BCUT2D eigenvalue weighted by molar-refractivity contribution is -0.112. The highest BCUT2D eigenvalue weighted by molar-refractivity contribution is 7.89. The van der Waals surface area contributed by atoms with Crippen molar-refractivity contribution < 1.29 is 22.7 Å². The van der Waals surface area contributed by atoms with Crippen LogP contribution in [0.5, 0.6) is 0 Å². The summed E-state index contributed by atoms with van der Waals surface area (Å²) in [5.74, 6) is -0.104. The molecule has 0 N–H and O–H groups in total. The van der Waals surface area contributed by atoms with Gasteiger partial charge in [0.15, 0.2) is 0 Å². The molecule has 0 unspecified atom stereocenters. The van der Waals surface area contributed by atoms with Crippen LogP contribution in [0.1, 0.15) is 42.3 Å². The molecule has 1 aromatic carbocycles. The maximum Gasteiger partial charge on any atom is 0.258 e. The van der Waals surface area contributed by atoms with E-state index in [1.165, 1.54) is 4.31 Å². The van der Waals surface area contributed by atoms with E-state index in [1.807, 2.05) is 13.0 Å². The number of hydrogen-bond donors (Lipinski definition) is 0. The number of aromatic nitrogens is 1. The Balaban J connectivity index is 1.54. The molecule has 9 heteroatoms. The number of anilines is 1. The molecule has 1 aromatic heterocycles. The zero-order valence-corrected chi connectivity index (χ0v) is 21.4. The van der Waals surface area contributed by atoms with Crippen LogP contribution in [0.25, 0.3) is 11.6 Å². The minimum Gasteiger partial charge on any atom is -0.379 e. The molecule has 0 bridgehead atoms. The van der Waals surface area contributed by atoms with E-state index in [0.29, 0.717) is 44.0 Å². The van der Waals surface area contributed by atoms with Gasteiger partial charge in [-0.25, -0.2) is 8.42 Å². The van der Waals surface area contributed by atoms with Gasteiger partial charge in [0.1, 0.15) is 0 Å². The third kappa shape index (κ3) is 4.35. The van der Waals surface area contributed by atoms with E-state index in [1.54, 1.807) is 23.1 Å². The van der Waals surface area contributed by atoms with Crippen molar-refractivity contribution in [1.29, 1.82) is 0 Å². The van der Waals surface area contributed by atoms with Crippen LogP contribution in [0.15, 0.2) is 29.2 Å². The molecule has 1 amide bonds. The summed E-state index contributed by atoms with van der Waals surface area (Å²) in [5, 5.41) is 0. The fourth-order valence-corrected chi connectivity index (χ4v) is 6.72. The summed E-state index contributed by atoms with van der Waals surface area (Å²) in [6.07, 6.45) is 4.29. The second-order valence-corrected chi connectivity index (χ2v) is 11.3. The Morgan fingerprint density at radius 1 is 1.11 bits per heavy atom. The molecule has 5 rings (SSSR count). The molecule has 3 aliphatic rings. The third-order valence-electron chi connectivity index (χ3n) is 7.27. The van der Waals surface area contributed by atoms with Gasteiger partial charge in [0.2, 0.25) is 10.0 Å². The Labute approximate surface area is 207 Å². The minimum absolute atomic E-state index is 0.104. The second kappa shape index (κ2) is 9.54. The molecule has 2 aromatic rings. The number of likely N-dealkylation sites (N-methyl/N-ethyl adjacent to an activating group) is 1. The summed E-state index contributed by atoms with van der Waals surface area (Å²) in [5.41, 5.74) is 5.10. The molecule has 2 fully saturated rings. The average Bonchev–Trinajstić information content (AvgIpc) is 3.54. The summed E-state index contributed by atoms with van der Waals surface area (Å²) >= 11 is 0. The van der Waals surface area contributed by atoms with Crippen molar-refractivity contribution in [2.75, 3.05) is 44.4 Å². The highest BCUT2D eigenvalue weighted by Crippen LogP contribution is 2.40. The molecule has 3 aliphatic heterocycles. The zero-order chi connectivity index (χ0) is 24.7. The van der Waals surface area contributed by atoms with Gasteiger partial charge in [-0.05, 0) is 69.5 Å². The monoisotopic (exact) mass is 499 g/mol. The summed E-state index contributed by atoms with van der Waals surface area (Å²) in [4.78, 5) is 15.3. The summed E-state index contributed by atoms with van der Waals surface area (Å²) in [6, 6.07) is 7.11. The molecule has 35 heavy (non-hydrogen) atoms. The van der Waals surface area contributed by atoms with Gasteiger partial charge in [0.05, 0.1) is 29.9 Å². The maximum absolute atomic E-state index is 13.4. The lowest BCUT2D eigenvalue weighted by Crippen LogP contribution is -2.40. The number of nitrogens with zero attached hydrogens (tertiary/aromatic N) is 3. The molecule has 4 heterocycles. The Morgan fingerprint density at radius 3 is 2.57 bits per heavy atom. The van der Waals surface area contributed by atoms with Crippen LogP contribution < -0.4 is 4.90 Å². The highest BCUT2D eigenvalue weighted by Gasteiger charge is 2.34. The van der Waals surface area contributed by atoms with Crippen LogP contribution in [-0.2, 0) is 30.8 Å². The van der Waals surface area contributed by atoms with Gasteiger partial charge >= 0.3 is 0 Å². The largest absolute Gasteiger partial charge is 0.379 e. The van der Waals surface area contributed by atoms with Crippen LogP contribution in [-0.4, -0.2) is 68.8 Å². The number of carbonyl (C=O) groups excluding carboxylic acids is 1. The number of fused-ring (bicyclic) bond motifs is 1. The van der Waals surface area contributed by atoms with Gasteiger partial charge in [-0.2, -0.15) is 4.31 Å². The van der Waals surface area contributed by atoms with Crippen LogP contribution in [0.3, 0.4) is 0 Å². The number of aryl methyl sites for hydroxylation is 1. The second-order valence-electron chi connectivity index (χ2n) is 9.37. The van der Waals surface area contributed by atoms with Gasteiger partial charge in [-0.15, -0.1) is 0 Å². The van der Waals surface area contributed by atoms with Gasteiger partial charge in [-0.3, -0.25) is 4.79 Å².